The number of rotatable bonds is 2. The summed E-state index contributed by atoms with van der Waals surface area (Å²) in [6.45, 7) is 4.19. The molecule has 1 fully saturated rings. The van der Waals surface area contributed by atoms with Crippen LogP contribution in [0.5, 0.6) is 0 Å². The maximum atomic E-state index is 6.24. The average molecular weight is 210 g/mol. The molecule has 0 bridgehead atoms. The van der Waals surface area contributed by atoms with Crippen molar-refractivity contribution < 1.29 is 0 Å². The number of halogens is 1. The Labute approximate surface area is 90.3 Å². The van der Waals surface area contributed by atoms with E-state index in [0.717, 1.165) is 5.02 Å². The Hall–Kier alpha value is -0.530. The molecule has 0 aliphatic heterocycles. The van der Waals surface area contributed by atoms with E-state index < -0.39 is 0 Å². The van der Waals surface area contributed by atoms with Gasteiger partial charge in [-0.25, -0.2) is 0 Å². The summed E-state index contributed by atoms with van der Waals surface area (Å²) in [6, 6.07) is 6.27. The van der Waals surface area contributed by atoms with Crippen molar-refractivity contribution in [2.24, 2.45) is 5.73 Å². The van der Waals surface area contributed by atoms with Crippen LogP contribution in [0.4, 0.5) is 0 Å². The van der Waals surface area contributed by atoms with Gasteiger partial charge >= 0.3 is 0 Å². The van der Waals surface area contributed by atoms with E-state index in [-0.39, 0.29) is 11.5 Å². The van der Waals surface area contributed by atoms with E-state index in [1.807, 2.05) is 12.1 Å². The van der Waals surface area contributed by atoms with E-state index in [0.29, 0.717) is 0 Å². The van der Waals surface area contributed by atoms with Crippen LogP contribution in [0.3, 0.4) is 0 Å². The van der Waals surface area contributed by atoms with Gasteiger partial charge in [0.05, 0.1) is 0 Å². The molecule has 1 nitrogen and oxygen atoms in total. The van der Waals surface area contributed by atoms with Gasteiger partial charge in [0.1, 0.15) is 0 Å². The third-order valence-corrected chi connectivity index (χ3v) is 3.70. The zero-order chi connectivity index (χ0) is 10.3. The van der Waals surface area contributed by atoms with Gasteiger partial charge < -0.3 is 5.73 Å². The van der Waals surface area contributed by atoms with Gasteiger partial charge in [-0.3, -0.25) is 0 Å². The molecular formula is C12H16ClN. The quantitative estimate of drug-likeness (QED) is 0.796. The van der Waals surface area contributed by atoms with Crippen LogP contribution in [0.1, 0.15) is 30.9 Å². The molecular weight excluding hydrogens is 194 g/mol. The highest BCUT2D eigenvalue weighted by Gasteiger charge is 2.49. The largest absolute Gasteiger partial charge is 0.327 e. The topological polar surface area (TPSA) is 26.0 Å². The molecule has 0 amide bonds. The first-order valence-electron chi connectivity index (χ1n) is 5.09. The van der Waals surface area contributed by atoms with Crippen LogP contribution in [0.15, 0.2) is 18.2 Å². The van der Waals surface area contributed by atoms with E-state index in [2.05, 4.69) is 19.9 Å². The monoisotopic (exact) mass is 209 g/mol. The summed E-state index contributed by atoms with van der Waals surface area (Å²) in [5.41, 5.74) is 8.76. The van der Waals surface area contributed by atoms with Gasteiger partial charge in [0, 0.05) is 16.5 Å². The number of hydrogen-bond acceptors (Lipinski definition) is 1. The molecule has 1 aromatic rings. The highest BCUT2D eigenvalue weighted by molar-refractivity contribution is 6.31. The summed E-state index contributed by atoms with van der Waals surface area (Å²) in [5, 5.41) is 0.875. The fraction of sp³-hybridized carbons (Fsp3) is 0.500. The molecule has 1 unspecified atom stereocenters. The lowest BCUT2D eigenvalue weighted by Gasteiger charge is -2.23. The second kappa shape index (κ2) is 3.25. The van der Waals surface area contributed by atoms with Crippen molar-refractivity contribution >= 4 is 11.6 Å². The Morgan fingerprint density at radius 2 is 2.07 bits per heavy atom. The Morgan fingerprint density at radius 3 is 2.50 bits per heavy atom. The number of hydrogen-bond donors (Lipinski definition) is 1. The van der Waals surface area contributed by atoms with Gasteiger partial charge in [-0.2, -0.15) is 0 Å². The first-order valence-corrected chi connectivity index (χ1v) is 5.47. The van der Waals surface area contributed by atoms with Gasteiger partial charge in [-0.15, -0.1) is 0 Å². The second-order valence-corrected chi connectivity index (χ2v) is 4.78. The van der Waals surface area contributed by atoms with Crippen molar-refractivity contribution in [2.75, 3.05) is 0 Å². The molecule has 76 valence electrons. The predicted molar refractivity (Wildman–Crippen MR) is 60.8 cm³/mol. The van der Waals surface area contributed by atoms with E-state index >= 15 is 0 Å². The molecule has 1 aliphatic rings. The predicted octanol–water partition coefficient (Wildman–Crippen LogP) is 3.03. The maximum absolute atomic E-state index is 6.24. The standard InChI is InChI=1S/C12H16ClN/c1-8-4-3-5-10(13)11(8)12(6-7-12)9(2)14/h3-5,9H,6-7,14H2,1-2H3. The molecule has 0 radical (unpaired) electrons. The summed E-state index contributed by atoms with van der Waals surface area (Å²) in [4.78, 5) is 0. The lowest BCUT2D eigenvalue weighted by Crippen LogP contribution is -2.32. The highest BCUT2D eigenvalue weighted by atomic mass is 35.5. The molecule has 0 heterocycles. The molecule has 1 saturated carbocycles. The van der Waals surface area contributed by atoms with E-state index in [1.165, 1.54) is 24.0 Å². The molecule has 2 N–H and O–H groups in total. The van der Waals surface area contributed by atoms with E-state index in [1.54, 1.807) is 0 Å². The van der Waals surface area contributed by atoms with Crippen LogP contribution in [-0.2, 0) is 5.41 Å². The van der Waals surface area contributed by atoms with E-state index in [9.17, 15) is 0 Å². The fourth-order valence-electron chi connectivity index (χ4n) is 2.33. The van der Waals surface area contributed by atoms with Crippen LogP contribution < -0.4 is 5.73 Å². The normalized spacial score (nSPS) is 20.6. The van der Waals surface area contributed by atoms with Crippen molar-refractivity contribution in [1.82, 2.24) is 0 Å². The molecule has 1 aliphatic carbocycles. The van der Waals surface area contributed by atoms with Gasteiger partial charge in [-0.1, -0.05) is 23.7 Å². The number of benzene rings is 1. The fourth-order valence-corrected chi connectivity index (χ4v) is 2.74. The second-order valence-electron chi connectivity index (χ2n) is 4.38. The van der Waals surface area contributed by atoms with Crippen LogP contribution in [0.2, 0.25) is 5.02 Å². The van der Waals surface area contributed by atoms with E-state index in [4.69, 9.17) is 17.3 Å². The van der Waals surface area contributed by atoms with Crippen LogP contribution in [0.25, 0.3) is 0 Å². The number of nitrogens with two attached hydrogens (primary N) is 1. The lowest BCUT2D eigenvalue weighted by molar-refractivity contribution is 0.554. The Bertz CT molecular complexity index is 333. The van der Waals surface area contributed by atoms with Crippen LogP contribution >= 0.6 is 11.6 Å². The minimum atomic E-state index is 0.169. The summed E-state index contributed by atoms with van der Waals surface area (Å²) in [6.07, 6.45) is 2.35. The van der Waals surface area contributed by atoms with Gasteiger partial charge in [0.15, 0.2) is 0 Å². The minimum absolute atomic E-state index is 0.169. The maximum Gasteiger partial charge on any atom is 0.0446 e. The van der Waals surface area contributed by atoms with Crippen molar-refractivity contribution in [3.8, 4) is 0 Å². The molecule has 0 spiro atoms. The van der Waals surface area contributed by atoms with Gasteiger partial charge in [0.25, 0.3) is 0 Å². The summed E-state index contributed by atoms with van der Waals surface area (Å²) < 4.78 is 0. The Kier molecular flexibility index (Phi) is 2.32. The molecule has 1 aromatic carbocycles. The third-order valence-electron chi connectivity index (χ3n) is 3.38. The van der Waals surface area contributed by atoms with Crippen LogP contribution in [0, 0.1) is 6.92 Å². The molecule has 0 aromatic heterocycles. The average Bonchev–Trinajstić information content (AvgIpc) is 2.85. The van der Waals surface area contributed by atoms with Crippen molar-refractivity contribution in [3.05, 3.63) is 34.3 Å². The zero-order valence-electron chi connectivity index (χ0n) is 8.68. The van der Waals surface area contributed by atoms with Crippen LogP contribution in [-0.4, -0.2) is 6.04 Å². The van der Waals surface area contributed by atoms with Gasteiger partial charge in [-0.05, 0) is 43.9 Å². The molecule has 0 saturated heterocycles. The molecule has 2 heteroatoms. The van der Waals surface area contributed by atoms with Crippen molar-refractivity contribution in [2.45, 2.75) is 38.1 Å². The summed E-state index contributed by atoms with van der Waals surface area (Å²) >= 11 is 6.24. The van der Waals surface area contributed by atoms with Crippen molar-refractivity contribution in [1.29, 1.82) is 0 Å². The SMILES string of the molecule is Cc1cccc(Cl)c1C1(C(C)N)CC1. The molecule has 14 heavy (non-hydrogen) atoms. The highest BCUT2D eigenvalue weighted by Crippen LogP contribution is 2.53. The smallest absolute Gasteiger partial charge is 0.0446 e. The zero-order valence-corrected chi connectivity index (χ0v) is 9.43. The van der Waals surface area contributed by atoms with Crippen molar-refractivity contribution in [3.63, 3.8) is 0 Å². The third kappa shape index (κ3) is 1.35. The molecule has 2 rings (SSSR count). The Balaban J connectivity index is 2.51. The summed E-state index contributed by atoms with van der Waals surface area (Å²) in [5.74, 6) is 0. The molecule has 1 atom stereocenters. The summed E-state index contributed by atoms with van der Waals surface area (Å²) in [7, 11) is 0. The van der Waals surface area contributed by atoms with Gasteiger partial charge in [0.2, 0.25) is 0 Å². The minimum Gasteiger partial charge on any atom is -0.327 e. The lowest BCUT2D eigenvalue weighted by atomic mass is 9.86. The first kappa shape index (κ1) is 10.0. The number of aryl methyl sites for hydroxylation is 1. The first-order chi connectivity index (χ1) is 6.58. The Morgan fingerprint density at radius 1 is 1.43 bits per heavy atom.